The number of carbonyl (C=O) groups is 2. The van der Waals surface area contributed by atoms with E-state index in [9.17, 15) is 18.0 Å². The molecule has 1 saturated heterocycles. The minimum atomic E-state index is -3.96. The van der Waals surface area contributed by atoms with Crippen molar-refractivity contribution in [3.8, 4) is 0 Å². The predicted octanol–water partition coefficient (Wildman–Crippen LogP) is 2.48. The van der Waals surface area contributed by atoms with Gasteiger partial charge in [-0.2, -0.15) is 4.72 Å². The Kier molecular flexibility index (Phi) is 8.43. The van der Waals surface area contributed by atoms with Crippen molar-refractivity contribution in [3.63, 3.8) is 0 Å². The fourth-order valence-corrected chi connectivity index (χ4v) is 6.35. The van der Waals surface area contributed by atoms with Crippen LogP contribution in [0.25, 0.3) is 0 Å². The molecule has 2 aromatic carbocycles. The summed E-state index contributed by atoms with van der Waals surface area (Å²) in [5, 5.41) is 2.95. The maximum absolute atomic E-state index is 13.3. The van der Waals surface area contributed by atoms with Crippen LogP contribution in [0.5, 0.6) is 0 Å². The van der Waals surface area contributed by atoms with Crippen molar-refractivity contribution in [3.05, 3.63) is 59.7 Å². The summed E-state index contributed by atoms with van der Waals surface area (Å²) in [5.74, 6) is -0.406. The van der Waals surface area contributed by atoms with Gasteiger partial charge in [-0.3, -0.25) is 14.5 Å². The molecule has 0 aromatic heterocycles. The monoisotopic (exact) mass is 512 g/mol. The number of amides is 2. The number of anilines is 1. The molecule has 0 aliphatic carbocycles. The molecule has 0 spiro atoms. The summed E-state index contributed by atoms with van der Waals surface area (Å²) in [4.78, 5) is 29.1. The van der Waals surface area contributed by atoms with Crippen LogP contribution in [0.1, 0.15) is 44.2 Å². The first-order chi connectivity index (χ1) is 17.2. The van der Waals surface area contributed by atoms with E-state index in [4.69, 9.17) is 0 Å². The van der Waals surface area contributed by atoms with Crippen molar-refractivity contribution in [2.75, 3.05) is 31.1 Å². The molecular formula is C27H36N4O4S. The van der Waals surface area contributed by atoms with Crippen LogP contribution in [-0.2, 0) is 32.5 Å². The molecule has 0 saturated carbocycles. The van der Waals surface area contributed by atoms with Gasteiger partial charge in [0.2, 0.25) is 21.8 Å². The standard InChI is InChI=1S/C27H36N4O4S/c1-20-8-6-7-15-30(20)17-14-28-27(33)25(18-22-9-4-3-5-10-22)29-36(34,35)24-11-12-26-23(19-24)13-16-31(26)21(2)32/h3-5,9-12,19-20,25,29H,6-8,13-18H2,1-2H3,(H,28,33). The van der Waals surface area contributed by atoms with Gasteiger partial charge in [0.1, 0.15) is 6.04 Å². The molecule has 2 aliphatic rings. The fraction of sp³-hybridized carbons (Fsp3) is 0.481. The number of benzene rings is 2. The summed E-state index contributed by atoms with van der Waals surface area (Å²) in [5.41, 5.74) is 2.43. The number of fused-ring (bicyclic) bond motifs is 1. The van der Waals surface area contributed by atoms with Crippen molar-refractivity contribution in [2.45, 2.75) is 62.9 Å². The Bertz CT molecular complexity index is 1190. The lowest BCUT2D eigenvalue weighted by Gasteiger charge is -2.33. The van der Waals surface area contributed by atoms with E-state index >= 15 is 0 Å². The van der Waals surface area contributed by atoms with E-state index in [2.05, 4.69) is 21.9 Å². The molecule has 1 fully saturated rings. The highest BCUT2D eigenvalue weighted by Crippen LogP contribution is 2.30. The largest absolute Gasteiger partial charge is 0.353 e. The quantitative estimate of drug-likeness (QED) is 0.538. The molecule has 194 valence electrons. The number of hydrogen-bond donors (Lipinski definition) is 2. The summed E-state index contributed by atoms with van der Waals surface area (Å²) >= 11 is 0. The zero-order valence-corrected chi connectivity index (χ0v) is 21.9. The molecule has 2 amide bonds. The first-order valence-electron chi connectivity index (χ1n) is 12.7. The minimum Gasteiger partial charge on any atom is -0.353 e. The van der Waals surface area contributed by atoms with Crippen molar-refractivity contribution in [1.82, 2.24) is 14.9 Å². The van der Waals surface area contributed by atoms with Gasteiger partial charge in [-0.1, -0.05) is 36.8 Å². The first-order valence-corrected chi connectivity index (χ1v) is 14.2. The van der Waals surface area contributed by atoms with Crippen LogP contribution in [0.4, 0.5) is 5.69 Å². The van der Waals surface area contributed by atoms with Crippen molar-refractivity contribution < 1.29 is 18.0 Å². The van der Waals surface area contributed by atoms with Gasteiger partial charge >= 0.3 is 0 Å². The Balaban J connectivity index is 1.47. The van der Waals surface area contributed by atoms with Gasteiger partial charge < -0.3 is 10.2 Å². The van der Waals surface area contributed by atoms with Gasteiger partial charge in [0.15, 0.2) is 0 Å². The van der Waals surface area contributed by atoms with Gasteiger partial charge in [0, 0.05) is 38.3 Å². The summed E-state index contributed by atoms with van der Waals surface area (Å²) in [6.07, 6.45) is 4.41. The molecule has 2 heterocycles. The number of piperidine rings is 1. The third-order valence-electron chi connectivity index (χ3n) is 7.17. The lowest BCUT2D eigenvalue weighted by atomic mass is 10.0. The second-order valence-electron chi connectivity index (χ2n) is 9.75. The Labute approximate surface area is 214 Å². The average Bonchev–Trinajstić information content (AvgIpc) is 3.29. The van der Waals surface area contributed by atoms with Crippen LogP contribution < -0.4 is 14.9 Å². The number of hydrogen-bond acceptors (Lipinski definition) is 5. The number of rotatable bonds is 9. The Hall–Kier alpha value is -2.75. The molecule has 0 radical (unpaired) electrons. The normalized spacial score (nSPS) is 19.1. The molecule has 2 aromatic rings. The second-order valence-corrected chi connectivity index (χ2v) is 11.5. The van der Waals surface area contributed by atoms with Crippen LogP contribution >= 0.6 is 0 Å². The van der Waals surface area contributed by atoms with Crippen LogP contribution in [0.2, 0.25) is 0 Å². The van der Waals surface area contributed by atoms with Crippen molar-refractivity contribution in [1.29, 1.82) is 0 Å². The summed E-state index contributed by atoms with van der Waals surface area (Å²) < 4.78 is 29.3. The minimum absolute atomic E-state index is 0.0685. The number of carbonyl (C=O) groups excluding carboxylic acids is 2. The van der Waals surface area contributed by atoms with E-state index in [-0.39, 0.29) is 23.1 Å². The molecule has 2 N–H and O–H groups in total. The van der Waals surface area contributed by atoms with Crippen LogP contribution in [-0.4, -0.2) is 63.4 Å². The van der Waals surface area contributed by atoms with E-state index < -0.39 is 16.1 Å². The molecule has 9 heteroatoms. The van der Waals surface area contributed by atoms with E-state index in [1.807, 2.05) is 30.3 Å². The topological polar surface area (TPSA) is 98.8 Å². The zero-order chi connectivity index (χ0) is 25.7. The Morgan fingerprint density at radius 1 is 1.08 bits per heavy atom. The van der Waals surface area contributed by atoms with Gasteiger partial charge in [-0.25, -0.2) is 8.42 Å². The van der Waals surface area contributed by atoms with Crippen LogP contribution in [0, 0.1) is 0 Å². The lowest BCUT2D eigenvalue weighted by Crippen LogP contribution is -2.50. The van der Waals surface area contributed by atoms with Gasteiger partial charge in [-0.15, -0.1) is 0 Å². The molecule has 2 aliphatic heterocycles. The second kappa shape index (κ2) is 11.5. The number of likely N-dealkylation sites (tertiary alicyclic amines) is 1. The first kappa shape index (κ1) is 26.3. The van der Waals surface area contributed by atoms with Crippen molar-refractivity contribution in [2.24, 2.45) is 0 Å². The SMILES string of the molecule is CC(=O)N1CCc2cc(S(=O)(=O)NC(Cc3ccccc3)C(=O)NCCN3CCCCC3C)ccc21. The molecule has 0 bridgehead atoms. The third kappa shape index (κ3) is 6.32. The average molecular weight is 513 g/mol. The Morgan fingerprint density at radius 2 is 1.86 bits per heavy atom. The molecular weight excluding hydrogens is 476 g/mol. The highest BCUT2D eigenvalue weighted by atomic mass is 32.2. The highest BCUT2D eigenvalue weighted by molar-refractivity contribution is 7.89. The number of nitrogens with zero attached hydrogens (tertiary/aromatic N) is 2. The molecule has 8 nitrogen and oxygen atoms in total. The number of nitrogens with one attached hydrogen (secondary N) is 2. The highest BCUT2D eigenvalue weighted by Gasteiger charge is 2.29. The molecule has 2 atom stereocenters. The summed E-state index contributed by atoms with van der Waals surface area (Å²) in [6, 6.07) is 13.7. The maximum atomic E-state index is 13.3. The zero-order valence-electron chi connectivity index (χ0n) is 21.1. The summed E-state index contributed by atoms with van der Waals surface area (Å²) in [6.45, 7) is 6.48. The summed E-state index contributed by atoms with van der Waals surface area (Å²) in [7, 11) is -3.96. The molecule has 4 rings (SSSR count). The lowest BCUT2D eigenvalue weighted by molar-refractivity contribution is -0.122. The van der Waals surface area contributed by atoms with E-state index in [1.165, 1.54) is 25.8 Å². The van der Waals surface area contributed by atoms with E-state index in [0.29, 0.717) is 25.6 Å². The van der Waals surface area contributed by atoms with Gasteiger partial charge in [0.25, 0.3) is 0 Å². The van der Waals surface area contributed by atoms with Gasteiger partial charge in [0.05, 0.1) is 4.90 Å². The smallest absolute Gasteiger partial charge is 0.241 e. The van der Waals surface area contributed by atoms with Crippen LogP contribution in [0.3, 0.4) is 0 Å². The molecule has 2 unspecified atom stereocenters. The predicted molar refractivity (Wildman–Crippen MR) is 140 cm³/mol. The van der Waals surface area contributed by atoms with E-state index in [0.717, 1.165) is 36.3 Å². The maximum Gasteiger partial charge on any atom is 0.241 e. The number of sulfonamides is 1. The van der Waals surface area contributed by atoms with Crippen LogP contribution in [0.15, 0.2) is 53.4 Å². The van der Waals surface area contributed by atoms with Gasteiger partial charge in [-0.05, 0) is 68.5 Å². The Morgan fingerprint density at radius 3 is 2.58 bits per heavy atom. The van der Waals surface area contributed by atoms with E-state index in [1.54, 1.807) is 17.0 Å². The third-order valence-corrected chi connectivity index (χ3v) is 8.64. The molecule has 36 heavy (non-hydrogen) atoms. The van der Waals surface area contributed by atoms with Crippen molar-refractivity contribution >= 4 is 27.5 Å². The fourth-order valence-electron chi connectivity index (χ4n) is 5.10.